The molecule has 2 heterocycles. The van der Waals surface area contributed by atoms with Gasteiger partial charge in [0.2, 0.25) is 0 Å². The molecule has 3 rings (SSSR count). The normalized spacial score (nSPS) is 25.9. The van der Waals surface area contributed by atoms with Gasteiger partial charge in [0.25, 0.3) is 5.91 Å². The number of piperazine rings is 1. The van der Waals surface area contributed by atoms with Crippen LogP contribution in [0.25, 0.3) is 0 Å². The first-order chi connectivity index (χ1) is 12.4. The van der Waals surface area contributed by atoms with Crippen LogP contribution in [0.4, 0.5) is 4.39 Å². The molecule has 1 unspecified atom stereocenters. The monoisotopic (exact) mass is 363 g/mol. The number of benzene rings is 1. The highest BCUT2D eigenvalue weighted by Gasteiger charge is 2.43. The highest BCUT2D eigenvalue weighted by atomic mass is 19.1. The number of aliphatic hydroxyl groups is 1. The van der Waals surface area contributed by atoms with Gasteiger partial charge in [0, 0.05) is 51.9 Å². The van der Waals surface area contributed by atoms with Crippen LogP contribution in [0.1, 0.15) is 32.3 Å². The summed E-state index contributed by atoms with van der Waals surface area (Å²) in [6.07, 6.45) is 1.30. The van der Waals surface area contributed by atoms with Gasteiger partial charge >= 0.3 is 0 Å². The molecule has 1 atom stereocenters. The molecule has 2 saturated heterocycles. The molecule has 0 radical (unpaired) electrons. The van der Waals surface area contributed by atoms with Crippen molar-refractivity contribution in [2.45, 2.75) is 44.9 Å². The molecule has 26 heavy (non-hydrogen) atoms. The molecule has 0 bridgehead atoms. The summed E-state index contributed by atoms with van der Waals surface area (Å²) in [6, 6.07) is 6.74. The van der Waals surface area contributed by atoms with Crippen molar-refractivity contribution < 1.29 is 14.3 Å². The van der Waals surface area contributed by atoms with Crippen molar-refractivity contribution >= 4 is 5.91 Å². The van der Waals surface area contributed by atoms with Gasteiger partial charge in [-0.2, -0.15) is 0 Å². The Morgan fingerprint density at radius 1 is 1.12 bits per heavy atom. The van der Waals surface area contributed by atoms with Crippen LogP contribution in [0.5, 0.6) is 0 Å². The number of halogens is 1. The van der Waals surface area contributed by atoms with E-state index in [-0.39, 0.29) is 11.7 Å². The predicted octanol–water partition coefficient (Wildman–Crippen LogP) is 1.71. The van der Waals surface area contributed by atoms with Gasteiger partial charge in [-0.1, -0.05) is 12.1 Å². The molecular weight excluding hydrogens is 333 g/mol. The van der Waals surface area contributed by atoms with Crippen molar-refractivity contribution in [1.29, 1.82) is 0 Å². The number of β-amino-alcohol motifs (C(OH)–C–C–N with tert-alkyl or cyclic N) is 1. The molecular formula is C20H30FN3O2. The molecule has 5 nitrogen and oxygen atoms in total. The minimum atomic E-state index is -1.31. The Balaban J connectivity index is 1.60. The lowest BCUT2D eigenvalue weighted by molar-refractivity contribution is -0.160. The number of nitrogens with zero attached hydrogens (tertiary/aromatic N) is 3. The summed E-state index contributed by atoms with van der Waals surface area (Å²) in [5, 5.41) is 11.1. The lowest BCUT2D eigenvalue weighted by Gasteiger charge is -2.43. The molecule has 1 N–H and O–H groups in total. The van der Waals surface area contributed by atoms with Gasteiger partial charge < -0.3 is 10.0 Å². The average molecular weight is 363 g/mol. The summed E-state index contributed by atoms with van der Waals surface area (Å²) in [5.41, 5.74) is -0.423. The molecule has 0 aliphatic carbocycles. The fraction of sp³-hybridized carbons (Fsp3) is 0.650. The maximum atomic E-state index is 13.1. The van der Waals surface area contributed by atoms with Gasteiger partial charge in [-0.3, -0.25) is 14.6 Å². The van der Waals surface area contributed by atoms with Gasteiger partial charge in [0.1, 0.15) is 5.82 Å². The van der Waals surface area contributed by atoms with Gasteiger partial charge in [-0.15, -0.1) is 0 Å². The largest absolute Gasteiger partial charge is 0.379 e. The second-order valence-corrected chi connectivity index (χ2v) is 7.89. The van der Waals surface area contributed by atoms with Crippen LogP contribution in [0.15, 0.2) is 24.3 Å². The summed E-state index contributed by atoms with van der Waals surface area (Å²) < 4.78 is 13.1. The fourth-order valence-electron chi connectivity index (χ4n) is 3.98. The topological polar surface area (TPSA) is 47.0 Å². The third-order valence-electron chi connectivity index (χ3n) is 5.61. The molecule has 0 aromatic heterocycles. The summed E-state index contributed by atoms with van der Waals surface area (Å²) in [5.74, 6) is -0.477. The first-order valence-corrected chi connectivity index (χ1v) is 9.60. The Morgan fingerprint density at radius 2 is 1.77 bits per heavy atom. The molecule has 1 aromatic rings. The second kappa shape index (κ2) is 8.03. The number of carbonyl (C=O) groups is 1. The van der Waals surface area contributed by atoms with E-state index in [4.69, 9.17) is 0 Å². The Bertz CT molecular complexity index is 614. The van der Waals surface area contributed by atoms with Crippen molar-refractivity contribution in [3.8, 4) is 0 Å². The lowest BCUT2D eigenvalue weighted by Crippen LogP contribution is -2.60. The van der Waals surface area contributed by atoms with Crippen LogP contribution < -0.4 is 0 Å². The van der Waals surface area contributed by atoms with Crippen LogP contribution in [0, 0.1) is 5.82 Å². The number of rotatable bonds is 5. The Hall–Kier alpha value is -1.50. The molecule has 0 spiro atoms. The van der Waals surface area contributed by atoms with Gasteiger partial charge in [0.05, 0.1) is 0 Å². The molecule has 2 aliphatic rings. The number of carbonyl (C=O) groups excluding carboxylic acids is 1. The highest BCUT2D eigenvalue weighted by molar-refractivity contribution is 5.86. The summed E-state index contributed by atoms with van der Waals surface area (Å²) in [4.78, 5) is 19.3. The SMILES string of the molecule is CC(C)N1CCN(CC2(O)CCCN(Cc3ccc(F)cc3)C2=O)CC1. The Morgan fingerprint density at radius 3 is 2.38 bits per heavy atom. The minimum absolute atomic E-state index is 0.195. The number of amides is 1. The Labute approximate surface area is 155 Å². The smallest absolute Gasteiger partial charge is 0.256 e. The van der Waals surface area contributed by atoms with Gasteiger partial charge in [-0.25, -0.2) is 4.39 Å². The summed E-state index contributed by atoms with van der Waals surface area (Å²) >= 11 is 0. The number of hydrogen-bond acceptors (Lipinski definition) is 4. The fourth-order valence-corrected chi connectivity index (χ4v) is 3.98. The quantitative estimate of drug-likeness (QED) is 0.865. The minimum Gasteiger partial charge on any atom is -0.379 e. The lowest BCUT2D eigenvalue weighted by atomic mass is 9.90. The molecule has 144 valence electrons. The summed E-state index contributed by atoms with van der Waals surface area (Å²) in [7, 11) is 0. The maximum absolute atomic E-state index is 13.1. The predicted molar refractivity (Wildman–Crippen MR) is 99.1 cm³/mol. The van der Waals surface area contributed by atoms with Gasteiger partial charge in [0.15, 0.2) is 5.60 Å². The van der Waals surface area contributed by atoms with Crippen LogP contribution in [-0.2, 0) is 11.3 Å². The van der Waals surface area contributed by atoms with E-state index in [0.29, 0.717) is 32.1 Å². The zero-order valence-corrected chi connectivity index (χ0v) is 15.8. The van der Waals surface area contributed by atoms with Crippen LogP contribution in [0.3, 0.4) is 0 Å². The highest BCUT2D eigenvalue weighted by Crippen LogP contribution is 2.26. The molecule has 2 fully saturated rings. The van der Waals surface area contributed by atoms with Crippen molar-refractivity contribution in [2.24, 2.45) is 0 Å². The molecule has 0 saturated carbocycles. The third-order valence-corrected chi connectivity index (χ3v) is 5.61. The van der Waals surface area contributed by atoms with Crippen molar-refractivity contribution in [3.05, 3.63) is 35.6 Å². The second-order valence-electron chi connectivity index (χ2n) is 7.89. The zero-order chi connectivity index (χ0) is 18.7. The van der Waals surface area contributed by atoms with Crippen LogP contribution in [0.2, 0.25) is 0 Å². The molecule has 1 aromatic carbocycles. The van der Waals surface area contributed by atoms with Crippen LogP contribution in [-0.4, -0.2) is 76.6 Å². The zero-order valence-electron chi connectivity index (χ0n) is 15.8. The Kier molecular flexibility index (Phi) is 5.95. The van der Waals surface area contributed by atoms with E-state index in [1.807, 2.05) is 0 Å². The first kappa shape index (κ1) is 19.3. The first-order valence-electron chi connectivity index (χ1n) is 9.60. The van der Waals surface area contributed by atoms with E-state index in [2.05, 4.69) is 23.6 Å². The summed E-state index contributed by atoms with van der Waals surface area (Å²) in [6.45, 7) is 9.56. The van der Waals surface area contributed by atoms with E-state index in [0.717, 1.165) is 38.2 Å². The van der Waals surface area contributed by atoms with Gasteiger partial charge in [-0.05, 0) is 44.4 Å². The third kappa shape index (κ3) is 4.42. The number of piperidine rings is 1. The average Bonchev–Trinajstić information content (AvgIpc) is 2.61. The van der Waals surface area contributed by atoms with Crippen molar-refractivity contribution in [3.63, 3.8) is 0 Å². The van der Waals surface area contributed by atoms with Crippen molar-refractivity contribution in [1.82, 2.24) is 14.7 Å². The van der Waals surface area contributed by atoms with E-state index in [1.54, 1.807) is 17.0 Å². The van der Waals surface area contributed by atoms with E-state index < -0.39 is 5.60 Å². The molecule has 1 amide bonds. The van der Waals surface area contributed by atoms with Crippen molar-refractivity contribution in [2.75, 3.05) is 39.3 Å². The number of hydrogen-bond donors (Lipinski definition) is 1. The van der Waals surface area contributed by atoms with E-state index >= 15 is 0 Å². The van der Waals surface area contributed by atoms with E-state index in [1.165, 1.54) is 12.1 Å². The standard InChI is InChI=1S/C20H30FN3O2/c1-16(2)23-12-10-22(11-13-23)15-20(26)8-3-9-24(19(20)25)14-17-4-6-18(21)7-5-17/h4-7,16,26H,3,8-15H2,1-2H3. The maximum Gasteiger partial charge on any atom is 0.256 e. The molecule has 6 heteroatoms. The number of likely N-dealkylation sites (tertiary alicyclic amines) is 1. The van der Waals surface area contributed by atoms with Crippen LogP contribution >= 0.6 is 0 Å². The molecule has 2 aliphatic heterocycles. The van der Waals surface area contributed by atoms with E-state index in [9.17, 15) is 14.3 Å².